The van der Waals surface area contributed by atoms with Crippen LogP contribution in [0.2, 0.25) is 0 Å². The number of para-hydroxylation sites is 1. The van der Waals surface area contributed by atoms with Gasteiger partial charge in [0.2, 0.25) is 0 Å². The van der Waals surface area contributed by atoms with Gasteiger partial charge >= 0.3 is 0 Å². The van der Waals surface area contributed by atoms with E-state index >= 15 is 0 Å². The monoisotopic (exact) mass is 359 g/mol. The molecule has 2 rings (SSSR count). The number of anilines is 1. The van der Waals surface area contributed by atoms with Crippen LogP contribution in [0.25, 0.3) is 0 Å². The summed E-state index contributed by atoms with van der Waals surface area (Å²) in [7, 11) is 3.92. The fraction of sp³-hybridized carbons (Fsp3) is 0.474. The largest absolute Gasteiger partial charge is 0.370 e. The van der Waals surface area contributed by atoms with Gasteiger partial charge in [0.1, 0.15) is 0 Å². The lowest BCUT2D eigenvalue weighted by Gasteiger charge is -2.27. The average molecular weight is 360 g/mol. The number of likely N-dealkylation sites (N-methyl/N-ethyl adjacent to an activating group) is 1. The standard InChI is InChI=1S/C19H29N5S/c1-14(24(5)17-9-7-6-8-10-17)13-22-19(20-4)21-12-11-18-23-15(2)16(3)25-18/h6-10,14H,11-13H2,1-5H3,(H2,20,21,22). The molecular formula is C19H29N5S. The van der Waals surface area contributed by atoms with Gasteiger partial charge < -0.3 is 15.5 Å². The third-order valence-electron chi connectivity index (χ3n) is 4.32. The van der Waals surface area contributed by atoms with Crippen LogP contribution in [0.3, 0.4) is 0 Å². The maximum atomic E-state index is 4.58. The van der Waals surface area contributed by atoms with E-state index in [0.29, 0.717) is 6.04 Å². The lowest BCUT2D eigenvalue weighted by molar-refractivity contribution is 0.648. The van der Waals surface area contributed by atoms with E-state index in [1.807, 2.05) is 6.07 Å². The van der Waals surface area contributed by atoms with Crippen LogP contribution < -0.4 is 15.5 Å². The molecule has 0 spiro atoms. The molecule has 0 bridgehead atoms. The number of hydrogen-bond donors (Lipinski definition) is 2. The first-order valence-electron chi connectivity index (χ1n) is 8.66. The summed E-state index contributed by atoms with van der Waals surface area (Å²) in [5, 5.41) is 7.95. The zero-order valence-electron chi connectivity index (χ0n) is 15.8. The summed E-state index contributed by atoms with van der Waals surface area (Å²) in [6.45, 7) is 8.03. The van der Waals surface area contributed by atoms with Gasteiger partial charge in [-0.1, -0.05) is 18.2 Å². The number of hydrogen-bond acceptors (Lipinski definition) is 4. The van der Waals surface area contributed by atoms with Crippen LogP contribution in [0.1, 0.15) is 22.5 Å². The molecule has 0 aliphatic heterocycles. The molecule has 1 atom stereocenters. The molecule has 136 valence electrons. The van der Waals surface area contributed by atoms with E-state index in [0.717, 1.165) is 31.2 Å². The van der Waals surface area contributed by atoms with Crippen LogP contribution in [0.4, 0.5) is 5.69 Å². The lowest BCUT2D eigenvalue weighted by Crippen LogP contribution is -2.45. The minimum absolute atomic E-state index is 0.352. The van der Waals surface area contributed by atoms with Crippen molar-refractivity contribution in [2.75, 3.05) is 32.1 Å². The fourth-order valence-electron chi connectivity index (χ4n) is 2.45. The highest BCUT2D eigenvalue weighted by Gasteiger charge is 2.10. The van der Waals surface area contributed by atoms with Crippen LogP contribution in [-0.2, 0) is 6.42 Å². The van der Waals surface area contributed by atoms with Crippen LogP contribution in [0, 0.1) is 13.8 Å². The SMILES string of the molecule is CN=C(NCCc1nc(C)c(C)s1)NCC(C)N(C)c1ccccc1. The van der Waals surface area contributed by atoms with Crippen molar-refractivity contribution in [2.45, 2.75) is 33.2 Å². The van der Waals surface area contributed by atoms with E-state index in [1.54, 1.807) is 18.4 Å². The average Bonchev–Trinajstić information content (AvgIpc) is 2.95. The molecule has 1 unspecified atom stereocenters. The summed E-state index contributed by atoms with van der Waals surface area (Å²) in [6, 6.07) is 10.8. The van der Waals surface area contributed by atoms with E-state index in [9.17, 15) is 0 Å². The van der Waals surface area contributed by atoms with Gasteiger partial charge in [-0.05, 0) is 32.9 Å². The zero-order valence-corrected chi connectivity index (χ0v) is 16.7. The number of aromatic nitrogens is 1. The van der Waals surface area contributed by atoms with E-state index < -0.39 is 0 Å². The quantitative estimate of drug-likeness (QED) is 0.589. The highest BCUT2D eigenvalue weighted by molar-refractivity contribution is 7.11. The van der Waals surface area contributed by atoms with Gasteiger partial charge in [0.15, 0.2) is 5.96 Å². The number of benzene rings is 1. The Morgan fingerprint density at radius 2 is 1.96 bits per heavy atom. The second kappa shape index (κ2) is 9.42. The van der Waals surface area contributed by atoms with E-state index in [1.165, 1.54) is 15.6 Å². The van der Waals surface area contributed by atoms with Crippen molar-refractivity contribution < 1.29 is 0 Å². The normalized spacial score (nSPS) is 12.8. The fourth-order valence-corrected chi connectivity index (χ4v) is 3.39. The predicted molar refractivity (Wildman–Crippen MR) is 109 cm³/mol. The van der Waals surface area contributed by atoms with Gasteiger partial charge in [-0.2, -0.15) is 0 Å². The lowest BCUT2D eigenvalue weighted by atomic mass is 10.2. The molecule has 0 radical (unpaired) electrons. The third-order valence-corrected chi connectivity index (χ3v) is 5.45. The van der Waals surface area contributed by atoms with Gasteiger partial charge in [0.05, 0.1) is 10.7 Å². The van der Waals surface area contributed by atoms with Gasteiger partial charge in [-0.15, -0.1) is 11.3 Å². The van der Waals surface area contributed by atoms with Crippen molar-refractivity contribution >= 4 is 23.0 Å². The first-order valence-corrected chi connectivity index (χ1v) is 9.48. The molecule has 0 aliphatic carbocycles. The van der Waals surface area contributed by atoms with Crippen LogP contribution in [-0.4, -0.2) is 44.2 Å². The number of thiazole rings is 1. The minimum Gasteiger partial charge on any atom is -0.370 e. The van der Waals surface area contributed by atoms with Gasteiger partial charge in [-0.25, -0.2) is 4.98 Å². The topological polar surface area (TPSA) is 52.6 Å². The molecule has 5 nitrogen and oxygen atoms in total. The smallest absolute Gasteiger partial charge is 0.191 e. The van der Waals surface area contributed by atoms with E-state index in [-0.39, 0.29) is 0 Å². The molecule has 0 amide bonds. The Bertz CT molecular complexity index is 661. The van der Waals surface area contributed by atoms with Gasteiger partial charge in [0.25, 0.3) is 0 Å². The maximum absolute atomic E-state index is 4.58. The Kier molecular flexibility index (Phi) is 7.25. The minimum atomic E-state index is 0.352. The highest BCUT2D eigenvalue weighted by Crippen LogP contribution is 2.16. The summed E-state index contributed by atoms with van der Waals surface area (Å²) in [6.07, 6.45) is 0.916. The first kappa shape index (κ1) is 19.2. The van der Waals surface area contributed by atoms with E-state index in [2.05, 4.69) is 77.6 Å². The molecule has 1 aromatic heterocycles. The summed E-state index contributed by atoms with van der Waals surface area (Å²) < 4.78 is 0. The first-order chi connectivity index (χ1) is 12.0. The van der Waals surface area contributed by atoms with Crippen LogP contribution in [0.5, 0.6) is 0 Å². The number of aliphatic imine (C=N–C) groups is 1. The second-order valence-electron chi connectivity index (χ2n) is 6.17. The molecule has 2 aromatic rings. The molecule has 2 N–H and O–H groups in total. The summed E-state index contributed by atoms with van der Waals surface area (Å²) in [4.78, 5) is 12.4. The Balaban J connectivity index is 1.76. The number of rotatable bonds is 7. The van der Waals surface area contributed by atoms with Crippen LogP contribution in [0.15, 0.2) is 35.3 Å². The number of guanidine groups is 1. The molecule has 1 aromatic carbocycles. The summed E-state index contributed by atoms with van der Waals surface area (Å²) in [5.74, 6) is 0.832. The summed E-state index contributed by atoms with van der Waals surface area (Å²) in [5.41, 5.74) is 2.36. The van der Waals surface area contributed by atoms with Crippen molar-refractivity contribution in [1.29, 1.82) is 0 Å². The Labute approximate surface area is 155 Å². The third kappa shape index (κ3) is 5.74. The second-order valence-corrected chi connectivity index (χ2v) is 7.46. The molecule has 0 fully saturated rings. The molecular weight excluding hydrogens is 330 g/mol. The molecule has 6 heteroatoms. The predicted octanol–water partition coefficient (Wildman–Crippen LogP) is 2.99. The van der Waals surface area contributed by atoms with Crippen molar-refractivity contribution in [3.8, 4) is 0 Å². The highest BCUT2D eigenvalue weighted by atomic mass is 32.1. The van der Waals surface area contributed by atoms with Gasteiger partial charge in [0, 0.05) is 50.2 Å². The van der Waals surface area contributed by atoms with Gasteiger partial charge in [-0.3, -0.25) is 4.99 Å². The zero-order chi connectivity index (χ0) is 18.2. The maximum Gasteiger partial charge on any atom is 0.191 e. The Hall–Kier alpha value is -2.08. The number of nitrogens with zero attached hydrogens (tertiary/aromatic N) is 3. The van der Waals surface area contributed by atoms with Crippen molar-refractivity contribution in [1.82, 2.24) is 15.6 Å². The molecule has 1 heterocycles. The number of aryl methyl sites for hydroxylation is 2. The van der Waals surface area contributed by atoms with Crippen molar-refractivity contribution in [3.05, 3.63) is 45.9 Å². The van der Waals surface area contributed by atoms with Crippen molar-refractivity contribution in [3.63, 3.8) is 0 Å². The van der Waals surface area contributed by atoms with E-state index in [4.69, 9.17) is 0 Å². The van der Waals surface area contributed by atoms with Crippen LogP contribution >= 0.6 is 11.3 Å². The molecule has 25 heavy (non-hydrogen) atoms. The Morgan fingerprint density at radius 1 is 1.24 bits per heavy atom. The Morgan fingerprint density at radius 3 is 2.56 bits per heavy atom. The number of nitrogens with one attached hydrogen (secondary N) is 2. The summed E-state index contributed by atoms with van der Waals surface area (Å²) >= 11 is 1.78. The molecule has 0 saturated heterocycles. The van der Waals surface area contributed by atoms with Crippen molar-refractivity contribution in [2.24, 2.45) is 4.99 Å². The molecule has 0 saturated carbocycles. The molecule has 0 aliphatic rings.